The van der Waals surface area contributed by atoms with Crippen molar-refractivity contribution >= 4 is 5.78 Å². The van der Waals surface area contributed by atoms with Crippen LogP contribution in [0.25, 0.3) is 0 Å². The van der Waals surface area contributed by atoms with Crippen molar-refractivity contribution in [2.45, 2.75) is 20.3 Å². The van der Waals surface area contributed by atoms with Crippen LogP contribution in [0, 0.1) is 28.9 Å². The van der Waals surface area contributed by atoms with E-state index in [1.54, 1.807) is 0 Å². The van der Waals surface area contributed by atoms with E-state index in [9.17, 15) is 13.6 Å². The van der Waals surface area contributed by atoms with Gasteiger partial charge in [-0.25, -0.2) is 8.78 Å². The standard InChI is InChI=1S/C15H18F2N2O/c1-11(2)9-19(7-3-6-18)10-15(20)12-4-5-13(16)14(17)8-12/h4-5,8,11H,3,7,9-10H2,1-2H3. The Hall–Kier alpha value is -1.80. The second-order valence-electron chi connectivity index (χ2n) is 5.09. The summed E-state index contributed by atoms with van der Waals surface area (Å²) in [5, 5.41) is 8.61. The number of carbonyl (C=O) groups excluding carboxylic acids is 1. The number of ketones is 1. The summed E-state index contributed by atoms with van der Waals surface area (Å²) < 4.78 is 25.9. The third-order valence-electron chi connectivity index (χ3n) is 2.77. The van der Waals surface area contributed by atoms with E-state index in [-0.39, 0.29) is 17.9 Å². The van der Waals surface area contributed by atoms with E-state index in [1.807, 2.05) is 24.8 Å². The summed E-state index contributed by atoms with van der Waals surface area (Å²) in [6.07, 6.45) is 0.331. The molecule has 0 unspecified atom stereocenters. The number of rotatable bonds is 7. The van der Waals surface area contributed by atoms with Crippen molar-refractivity contribution in [2.24, 2.45) is 5.92 Å². The maximum atomic E-state index is 13.1. The molecule has 0 radical (unpaired) electrons. The van der Waals surface area contributed by atoms with Crippen molar-refractivity contribution in [3.63, 3.8) is 0 Å². The van der Waals surface area contributed by atoms with Crippen molar-refractivity contribution < 1.29 is 13.6 Å². The summed E-state index contributed by atoms with van der Waals surface area (Å²) in [4.78, 5) is 13.9. The third-order valence-corrected chi connectivity index (χ3v) is 2.77. The van der Waals surface area contributed by atoms with Gasteiger partial charge in [0.25, 0.3) is 0 Å². The molecule has 0 aliphatic carbocycles. The van der Waals surface area contributed by atoms with Gasteiger partial charge in [-0.1, -0.05) is 13.8 Å². The summed E-state index contributed by atoms with van der Waals surface area (Å²) in [6, 6.07) is 5.18. The first-order chi connectivity index (χ1) is 9.43. The van der Waals surface area contributed by atoms with Crippen LogP contribution in [0.4, 0.5) is 8.78 Å². The normalized spacial score (nSPS) is 10.8. The van der Waals surface area contributed by atoms with Gasteiger partial charge in [0.2, 0.25) is 0 Å². The van der Waals surface area contributed by atoms with Gasteiger partial charge in [-0.15, -0.1) is 0 Å². The molecule has 0 bridgehead atoms. The molecule has 5 heteroatoms. The van der Waals surface area contributed by atoms with Gasteiger partial charge in [0.05, 0.1) is 12.6 Å². The number of nitrogens with zero attached hydrogens (tertiary/aromatic N) is 2. The number of halogens is 2. The summed E-state index contributed by atoms with van der Waals surface area (Å²) in [7, 11) is 0. The van der Waals surface area contributed by atoms with Gasteiger partial charge in [-0.3, -0.25) is 9.69 Å². The Kier molecular flexibility index (Phi) is 6.26. The van der Waals surface area contributed by atoms with E-state index in [0.717, 1.165) is 12.1 Å². The molecule has 20 heavy (non-hydrogen) atoms. The Morgan fingerprint density at radius 3 is 2.60 bits per heavy atom. The molecule has 0 aliphatic rings. The van der Waals surface area contributed by atoms with Crippen LogP contribution in [-0.2, 0) is 0 Å². The molecule has 108 valence electrons. The molecule has 0 fully saturated rings. The zero-order valence-corrected chi connectivity index (χ0v) is 11.7. The number of benzene rings is 1. The predicted octanol–water partition coefficient (Wildman–Crippen LogP) is 3.02. The van der Waals surface area contributed by atoms with Crippen LogP contribution in [-0.4, -0.2) is 30.3 Å². The number of carbonyl (C=O) groups is 1. The lowest BCUT2D eigenvalue weighted by atomic mass is 10.1. The molecule has 0 aliphatic heterocycles. The zero-order valence-electron chi connectivity index (χ0n) is 11.7. The van der Waals surface area contributed by atoms with Crippen molar-refractivity contribution in [3.8, 4) is 6.07 Å². The molecule has 0 saturated carbocycles. The Labute approximate surface area is 117 Å². The smallest absolute Gasteiger partial charge is 0.176 e. The van der Waals surface area contributed by atoms with Crippen LogP contribution in [0.15, 0.2) is 18.2 Å². The highest BCUT2D eigenvalue weighted by Crippen LogP contribution is 2.10. The lowest BCUT2D eigenvalue weighted by Gasteiger charge is -2.22. The average Bonchev–Trinajstić information content (AvgIpc) is 2.38. The molecule has 0 aromatic heterocycles. The van der Waals surface area contributed by atoms with E-state index in [1.165, 1.54) is 6.07 Å². The fourth-order valence-corrected chi connectivity index (χ4v) is 1.92. The Morgan fingerprint density at radius 2 is 2.05 bits per heavy atom. The van der Waals surface area contributed by atoms with E-state index >= 15 is 0 Å². The quantitative estimate of drug-likeness (QED) is 0.721. The second-order valence-corrected chi connectivity index (χ2v) is 5.09. The van der Waals surface area contributed by atoms with Gasteiger partial charge in [0, 0.05) is 25.1 Å². The third kappa shape index (κ3) is 5.06. The highest BCUT2D eigenvalue weighted by atomic mass is 19.2. The van der Waals surface area contributed by atoms with Crippen LogP contribution in [0.1, 0.15) is 30.6 Å². The summed E-state index contributed by atoms with van der Waals surface area (Å²) in [5.74, 6) is -1.91. The first kappa shape index (κ1) is 16.3. The first-order valence-electron chi connectivity index (χ1n) is 6.51. The van der Waals surface area contributed by atoms with Crippen LogP contribution >= 0.6 is 0 Å². The summed E-state index contributed by atoms with van der Waals surface area (Å²) in [5.41, 5.74) is 0.148. The van der Waals surface area contributed by atoms with Crippen LogP contribution in [0.5, 0.6) is 0 Å². The van der Waals surface area contributed by atoms with E-state index in [4.69, 9.17) is 5.26 Å². The Bertz CT molecular complexity index is 509. The molecule has 0 heterocycles. The molecule has 0 spiro atoms. The number of hydrogen-bond acceptors (Lipinski definition) is 3. The maximum Gasteiger partial charge on any atom is 0.176 e. The molecule has 0 saturated heterocycles. The fraction of sp³-hybridized carbons (Fsp3) is 0.467. The van der Waals surface area contributed by atoms with Crippen molar-refractivity contribution in [2.75, 3.05) is 19.6 Å². The minimum absolute atomic E-state index is 0.102. The molecule has 0 atom stereocenters. The second kappa shape index (κ2) is 7.71. The molecular formula is C15H18F2N2O. The van der Waals surface area contributed by atoms with Crippen molar-refractivity contribution in [3.05, 3.63) is 35.4 Å². The molecule has 1 aromatic carbocycles. The first-order valence-corrected chi connectivity index (χ1v) is 6.51. The highest BCUT2D eigenvalue weighted by Gasteiger charge is 2.15. The number of hydrogen-bond donors (Lipinski definition) is 0. The maximum absolute atomic E-state index is 13.1. The van der Waals surface area contributed by atoms with Crippen LogP contribution < -0.4 is 0 Å². The van der Waals surface area contributed by atoms with Gasteiger partial charge in [-0.05, 0) is 24.1 Å². The van der Waals surface area contributed by atoms with Crippen LogP contribution in [0.3, 0.4) is 0 Å². The predicted molar refractivity (Wildman–Crippen MR) is 72.2 cm³/mol. The highest BCUT2D eigenvalue weighted by molar-refractivity contribution is 5.97. The van der Waals surface area contributed by atoms with Gasteiger partial charge in [-0.2, -0.15) is 5.26 Å². The number of Topliss-reactive ketones (excluding diaryl/α,β-unsaturated/α-hetero) is 1. The molecular weight excluding hydrogens is 262 g/mol. The molecule has 1 rings (SSSR count). The zero-order chi connectivity index (χ0) is 15.1. The van der Waals surface area contributed by atoms with Gasteiger partial charge in [0.15, 0.2) is 17.4 Å². The molecule has 3 nitrogen and oxygen atoms in total. The topological polar surface area (TPSA) is 44.1 Å². The van der Waals surface area contributed by atoms with Gasteiger partial charge in [0.1, 0.15) is 0 Å². The summed E-state index contributed by atoms with van der Waals surface area (Å²) >= 11 is 0. The summed E-state index contributed by atoms with van der Waals surface area (Å²) in [6.45, 7) is 5.30. The van der Waals surface area contributed by atoms with E-state index in [0.29, 0.717) is 25.4 Å². The average molecular weight is 280 g/mol. The Balaban J connectivity index is 2.73. The minimum Gasteiger partial charge on any atom is -0.295 e. The Morgan fingerprint density at radius 1 is 1.35 bits per heavy atom. The van der Waals surface area contributed by atoms with Crippen molar-refractivity contribution in [1.82, 2.24) is 4.90 Å². The minimum atomic E-state index is -1.02. The van der Waals surface area contributed by atoms with Crippen molar-refractivity contribution in [1.29, 1.82) is 5.26 Å². The molecule has 0 amide bonds. The van der Waals surface area contributed by atoms with E-state index < -0.39 is 11.6 Å². The van der Waals surface area contributed by atoms with Crippen LogP contribution in [0.2, 0.25) is 0 Å². The SMILES string of the molecule is CC(C)CN(CCC#N)CC(=O)c1ccc(F)c(F)c1. The fourth-order valence-electron chi connectivity index (χ4n) is 1.92. The number of nitriles is 1. The van der Waals surface area contributed by atoms with Gasteiger partial charge >= 0.3 is 0 Å². The lowest BCUT2D eigenvalue weighted by molar-refractivity contribution is 0.0923. The molecule has 0 N–H and O–H groups in total. The largest absolute Gasteiger partial charge is 0.295 e. The lowest BCUT2D eigenvalue weighted by Crippen LogP contribution is -2.34. The molecule has 1 aromatic rings. The monoisotopic (exact) mass is 280 g/mol. The van der Waals surface area contributed by atoms with Gasteiger partial charge < -0.3 is 0 Å². The van der Waals surface area contributed by atoms with E-state index in [2.05, 4.69) is 0 Å².